The van der Waals surface area contributed by atoms with Crippen molar-refractivity contribution in [3.8, 4) is 0 Å². The SMILES string of the molecule is FCCNC1COC1. The van der Waals surface area contributed by atoms with Gasteiger partial charge in [-0.3, -0.25) is 0 Å². The van der Waals surface area contributed by atoms with Crippen molar-refractivity contribution >= 4 is 0 Å². The number of hydrogen-bond donors (Lipinski definition) is 1. The summed E-state index contributed by atoms with van der Waals surface area (Å²) in [5, 5.41) is 2.97. The van der Waals surface area contributed by atoms with Crippen LogP contribution in [-0.2, 0) is 4.74 Å². The van der Waals surface area contributed by atoms with Crippen molar-refractivity contribution in [3.05, 3.63) is 0 Å². The van der Waals surface area contributed by atoms with Gasteiger partial charge in [-0.2, -0.15) is 0 Å². The molecular weight excluding hydrogens is 109 g/mol. The Hall–Kier alpha value is -0.150. The van der Waals surface area contributed by atoms with E-state index >= 15 is 0 Å². The summed E-state index contributed by atoms with van der Waals surface area (Å²) in [6.07, 6.45) is 0. The van der Waals surface area contributed by atoms with Gasteiger partial charge in [-0.25, -0.2) is 4.39 Å². The Morgan fingerprint density at radius 3 is 2.75 bits per heavy atom. The van der Waals surface area contributed by atoms with Crippen molar-refractivity contribution in [1.29, 1.82) is 0 Å². The standard InChI is InChI=1S/C5H10FNO/c6-1-2-7-5-3-8-4-5/h5,7H,1-4H2. The highest BCUT2D eigenvalue weighted by atomic mass is 19.1. The Kier molecular flexibility index (Phi) is 2.24. The van der Waals surface area contributed by atoms with Crippen molar-refractivity contribution in [2.24, 2.45) is 0 Å². The summed E-state index contributed by atoms with van der Waals surface area (Å²) in [7, 11) is 0. The predicted molar refractivity (Wildman–Crippen MR) is 28.6 cm³/mol. The summed E-state index contributed by atoms with van der Waals surface area (Å²) < 4.78 is 16.3. The molecular formula is C5H10FNO. The third-order valence-electron chi connectivity index (χ3n) is 1.17. The van der Waals surface area contributed by atoms with E-state index < -0.39 is 0 Å². The third kappa shape index (κ3) is 1.42. The molecule has 0 amide bonds. The Bertz CT molecular complexity index is 65.4. The van der Waals surface area contributed by atoms with Gasteiger partial charge in [-0.1, -0.05) is 0 Å². The second kappa shape index (κ2) is 2.99. The number of nitrogens with one attached hydrogen (secondary N) is 1. The Morgan fingerprint density at radius 1 is 1.62 bits per heavy atom. The molecule has 0 saturated carbocycles. The summed E-state index contributed by atoms with van der Waals surface area (Å²) in [4.78, 5) is 0. The molecule has 0 spiro atoms. The molecule has 0 atom stereocenters. The molecule has 1 fully saturated rings. The largest absolute Gasteiger partial charge is 0.378 e. The molecule has 0 aliphatic carbocycles. The van der Waals surface area contributed by atoms with Crippen molar-refractivity contribution in [3.63, 3.8) is 0 Å². The van der Waals surface area contributed by atoms with Crippen LogP contribution in [0.3, 0.4) is 0 Å². The lowest BCUT2D eigenvalue weighted by Crippen LogP contribution is -2.46. The highest BCUT2D eigenvalue weighted by Gasteiger charge is 2.15. The molecule has 0 aromatic carbocycles. The number of hydrogen-bond acceptors (Lipinski definition) is 2. The zero-order valence-corrected chi connectivity index (χ0v) is 4.69. The fraction of sp³-hybridized carbons (Fsp3) is 1.00. The van der Waals surface area contributed by atoms with Gasteiger partial charge in [0, 0.05) is 6.54 Å². The van der Waals surface area contributed by atoms with Gasteiger partial charge in [-0.05, 0) is 0 Å². The molecule has 1 heterocycles. The van der Waals surface area contributed by atoms with Crippen molar-refractivity contribution in [2.45, 2.75) is 6.04 Å². The minimum atomic E-state index is -0.281. The first-order valence-corrected chi connectivity index (χ1v) is 2.80. The zero-order chi connectivity index (χ0) is 5.82. The number of halogens is 1. The number of ether oxygens (including phenoxy) is 1. The molecule has 0 bridgehead atoms. The summed E-state index contributed by atoms with van der Waals surface area (Å²) in [5.41, 5.74) is 0. The van der Waals surface area contributed by atoms with Crippen LogP contribution in [0.4, 0.5) is 4.39 Å². The fourth-order valence-corrected chi connectivity index (χ4v) is 0.612. The maximum Gasteiger partial charge on any atom is 0.102 e. The molecule has 0 aromatic heterocycles. The third-order valence-corrected chi connectivity index (χ3v) is 1.17. The molecule has 8 heavy (non-hydrogen) atoms. The molecule has 1 N–H and O–H groups in total. The van der Waals surface area contributed by atoms with Crippen molar-refractivity contribution in [2.75, 3.05) is 26.4 Å². The topological polar surface area (TPSA) is 21.3 Å². The quantitative estimate of drug-likeness (QED) is 0.562. The van der Waals surface area contributed by atoms with E-state index in [4.69, 9.17) is 4.74 Å². The monoisotopic (exact) mass is 119 g/mol. The van der Waals surface area contributed by atoms with E-state index in [1.165, 1.54) is 0 Å². The van der Waals surface area contributed by atoms with Crippen LogP contribution < -0.4 is 5.32 Å². The minimum Gasteiger partial charge on any atom is -0.378 e. The Labute approximate surface area is 48.0 Å². The van der Waals surface area contributed by atoms with Crippen LogP contribution in [-0.4, -0.2) is 32.5 Å². The van der Waals surface area contributed by atoms with E-state index in [2.05, 4.69) is 5.32 Å². The fourth-order valence-electron chi connectivity index (χ4n) is 0.612. The molecule has 0 aromatic rings. The van der Waals surface area contributed by atoms with Crippen LogP contribution in [0.5, 0.6) is 0 Å². The predicted octanol–water partition coefficient (Wildman–Crippen LogP) is -0.0557. The molecule has 3 heteroatoms. The smallest absolute Gasteiger partial charge is 0.102 e. The Balaban J connectivity index is 1.86. The van der Waals surface area contributed by atoms with Gasteiger partial charge in [0.1, 0.15) is 6.67 Å². The summed E-state index contributed by atoms with van der Waals surface area (Å²) in [6.45, 7) is 1.69. The van der Waals surface area contributed by atoms with E-state index in [1.807, 2.05) is 0 Å². The molecule has 1 saturated heterocycles. The average molecular weight is 119 g/mol. The highest BCUT2D eigenvalue weighted by molar-refractivity contribution is 4.71. The molecule has 1 aliphatic rings. The van der Waals surface area contributed by atoms with Gasteiger partial charge >= 0.3 is 0 Å². The first kappa shape index (κ1) is 5.98. The molecule has 2 nitrogen and oxygen atoms in total. The maximum absolute atomic E-state index is 11.4. The van der Waals surface area contributed by atoms with E-state index in [1.54, 1.807) is 0 Å². The van der Waals surface area contributed by atoms with Gasteiger partial charge in [0.05, 0.1) is 19.3 Å². The highest BCUT2D eigenvalue weighted by Crippen LogP contribution is 1.97. The molecule has 0 radical (unpaired) electrons. The van der Waals surface area contributed by atoms with E-state index in [9.17, 15) is 4.39 Å². The van der Waals surface area contributed by atoms with Gasteiger partial charge in [0.2, 0.25) is 0 Å². The lowest BCUT2D eigenvalue weighted by Gasteiger charge is -2.26. The Morgan fingerprint density at radius 2 is 2.38 bits per heavy atom. The number of rotatable bonds is 3. The van der Waals surface area contributed by atoms with Crippen LogP contribution in [0.1, 0.15) is 0 Å². The van der Waals surface area contributed by atoms with E-state index in [0.29, 0.717) is 12.6 Å². The van der Waals surface area contributed by atoms with Crippen LogP contribution in [0.15, 0.2) is 0 Å². The summed E-state index contributed by atoms with van der Waals surface area (Å²) >= 11 is 0. The van der Waals surface area contributed by atoms with Crippen molar-refractivity contribution < 1.29 is 9.13 Å². The average Bonchev–Trinajstić information content (AvgIpc) is 1.63. The maximum atomic E-state index is 11.4. The second-order valence-corrected chi connectivity index (χ2v) is 1.88. The van der Waals surface area contributed by atoms with Gasteiger partial charge < -0.3 is 10.1 Å². The minimum absolute atomic E-state index is 0.281. The van der Waals surface area contributed by atoms with Gasteiger partial charge in [0.25, 0.3) is 0 Å². The molecule has 1 aliphatic heterocycles. The van der Waals surface area contributed by atoms with Crippen LogP contribution in [0.25, 0.3) is 0 Å². The van der Waals surface area contributed by atoms with Gasteiger partial charge in [0.15, 0.2) is 0 Å². The lowest BCUT2D eigenvalue weighted by atomic mass is 10.3. The van der Waals surface area contributed by atoms with E-state index in [-0.39, 0.29) is 6.67 Å². The zero-order valence-electron chi connectivity index (χ0n) is 4.69. The molecule has 1 rings (SSSR count). The number of alkyl halides is 1. The van der Waals surface area contributed by atoms with Gasteiger partial charge in [-0.15, -0.1) is 0 Å². The normalized spacial score (nSPS) is 20.6. The first-order chi connectivity index (χ1) is 3.93. The van der Waals surface area contributed by atoms with E-state index in [0.717, 1.165) is 13.2 Å². The summed E-state index contributed by atoms with van der Waals surface area (Å²) in [5.74, 6) is 0. The van der Waals surface area contributed by atoms with Crippen LogP contribution in [0, 0.1) is 0 Å². The second-order valence-electron chi connectivity index (χ2n) is 1.88. The van der Waals surface area contributed by atoms with Crippen LogP contribution >= 0.6 is 0 Å². The summed E-state index contributed by atoms with van der Waals surface area (Å²) in [6, 6.07) is 0.422. The van der Waals surface area contributed by atoms with Crippen molar-refractivity contribution in [1.82, 2.24) is 5.32 Å². The lowest BCUT2D eigenvalue weighted by molar-refractivity contribution is -0.00531. The first-order valence-electron chi connectivity index (χ1n) is 2.80. The molecule has 0 unspecified atom stereocenters. The van der Waals surface area contributed by atoms with Crippen LogP contribution in [0.2, 0.25) is 0 Å². The molecule has 48 valence electrons.